The molecule has 0 heterocycles. The molecule has 0 fully saturated rings. The first-order chi connectivity index (χ1) is 10.0. The van der Waals surface area contributed by atoms with Gasteiger partial charge in [0.1, 0.15) is 5.75 Å². The number of methoxy groups -OCH3 is 1. The van der Waals surface area contributed by atoms with Crippen molar-refractivity contribution >= 4 is 5.69 Å². The number of hydrogen-bond donors (Lipinski definition) is 1. The molecule has 0 aliphatic carbocycles. The summed E-state index contributed by atoms with van der Waals surface area (Å²) in [6.07, 6.45) is 2.29. The van der Waals surface area contributed by atoms with E-state index in [1.807, 2.05) is 19.9 Å². The number of nitro groups is 1. The Balaban J connectivity index is 2.34. The Kier molecular flexibility index (Phi) is 7.71. The number of benzene rings is 1. The fourth-order valence-corrected chi connectivity index (χ4v) is 1.87. The Morgan fingerprint density at radius 1 is 1.29 bits per heavy atom. The van der Waals surface area contributed by atoms with Crippen LogP contribution in [0, 0.1) is 10.1 Å². The van der Waals surface area contributed by atoms with E-state index in [2.05, 4.69) is 5.32 Å². The van der Waals surface area contributed by atoms with Crippen molar-refractivity contribution in [2.24, 2.45) is 0 Å². The summed E-state index contributed by atoms with van der Waals surface area (Å²) in [7, 11) is 1.50. The van der Waals surface area contributed by atoms with Gasteiger partial charge >= 0.3 is 0 Å². The summed E-state index contributed by atoms with van der Waals surface area (Å²) < 4.78 is 10.5. The van der Waals surface area contributed by atoms with E-state index in [0.29, 0.717) is 12.3 Å². The van der Waals surface area contributed by atoms with Crippen LogP contribution < -0.4 is 10.1 Å². The standard InChI is InChI=1S/C15H24N2O4/c1-12(2)21-7-5-4-6-16-11-13-8-14(17(18)19)10-15(9-13)20-3/h8-10,12,16H,4-7,11H2,1-3H3. The number of ether oxygens (including phenoxy) is 2. The van der Waals surface area contributed by atoms with Crippen LogP contribution in [-0.2, 0) is 11.3 Å². The predicted molar refractivity (Wildman–Crippen MR) is 81.7 cm³/mol. The second-order valence-electron chi connectivity index (χ2n) is 5.10. The molecule has 0 aliphatic rings. The normalized spacial score (nSPS) is 10.9. The van der Waals surface area contributed by atoms with Crippen LogP contribution >= 0.6 is 0 Å². The molecule has 1 aromatic carbocycles. The van der Waals surface area contributed by atoms with Crippen molar-refractivity contribution in [1.29, 1.82) is 0 Å². The maximum Gasteiger partial charge on any atom is 0.273 e. The Morgan fingerprint density at radius 3 is 2.67 bits per heavy atom. The SMILES string of the molecule is COc1cc(CNCCCCOC(C)C)cc([N+](=O)[O-])c1. The molecule has 0 saturated carbocycles. The van der Waals surface area contributed by atoms with E-state index in [9.17, 15) is 10.1 Å². The highest BCUT2D eigenvalue weighted by atomic mass is 16.6. The number of nitrogens with one attached hydrogen (secondary N) is 1. The van der Waals surface area contributed by atoms with Crippen molar-refractivity contribution in [2.45, 2.75) is 39.3 Å². The van der Waals surface area contributed by atoms with Crippen molar-refractivity contribution in [3.63, 3.8) is 0 Å². The summed E-state index contributed by atoms with van der Waals surface area (Å²) in [5.74, 6) is 0.506. The van der Waals surface area contributed by atoms with Crippen molar-refractivity contribution < 1.29 is 14.4 Å². The van der Waals surface area contributed by atoms with Gasteiger partial charge in [0, 0.05) is 19.2 Å². The van der Waals surface area contributed by atoms with Gasteiger partial charge in [0.15, 0.2) is 0 Å². The molecule has 0 unspecified atom stereocenters. The van der Waals surface area contributed by atoms with Gasteiger partial charge in [0.2, 0.25) is 0 Å². The number of rotatable bonds is 10. The quantitative estimate of drug-likeness (QED) is 0.408. The van der Waals surface area contributed by atoms with Crippen LogP contribution in [0.25, 0.3) is 0 Å². The lowest BCUT2D eigenvalue weighted by Crippen LogP contribution is -2.15. The summed E-state index contributed by atoms with van der Waals surface area (Å²) in [4.78, 5) is 10.4. The molecule has 0 atom stereocenters. The maximum atomic E-state index is 10.8. The van der Waals surface area contributed by atoms with E-state index in [0.717, 1.165) is 31.6 Å². The van der Waals surface area contributed by atoms with Gasteiger partial charge in [-0.3, -0.25) is 10.1 Å². The van der Waals surface area contributed by atoms with Gasteiger partial charge in [0.05, 0.1) is 24.2 Å². The van der Waals surface area contributed by atoms with Crippen LogP contribution in [0.15, 0.2) is 18.2 Å². The molecule has 21 heavy (non-hydrogen) atoms. The Hall–Kier alpha value is -1.66. The van der Waals surface area contributed by atoms with Crippen LogP contribution in [0.2, 0.25) is 0 Å². The Morgan fingerprint density at radius 2 is 2.05 bits per heavy atom. The molecule has 0 bridgehead atoms. The van der Waals surface area contributed by atoms with E-state index in [1.165, 1.54) is 13.2 Å². The first-order valence-corrected chi connectivity index (χ1v) is 7.17. The van der Waals surface area contributed by atoms with E-state index in [4.69, 9.17) is 9.47 Å². The first-order valence-electron chi connectivity index (χ1n) is 7.17. The lowest BCUT2D eigenvalue weighted by atomic mass is 10.2. The summed E-state index contributed by atoms with van der Waals surface area (Å²) in [5.41, 5.74) is 0.899. The topological polar surface area (TPSA) is 73.6 Å². The second-order valence-corrected chi connectivity index (χ2v) is 5.10. The van der Waals surface area contributed by atoms with Crippen molar-refractivity contribution in [3.8, 4) is 5.75 Å². The molecule has 0 radical (unpaired) electrons. The average molecular weight is 296 g/mol. The summed E-state index contributed by atoms with van der Waals surface area (Å²) in [6, 6.07) is 4.80. The first kappa shape index (κ1) is 17.4. The van der Waals surface area contributed by atoms with Crippen LogP contribution in [-0.4, -0.2) is 31.3 Å². The van der Waals surface area contributed by atoms with Gasteiger partial charge in [-0.15, -0.1) is 0 Å². The van der Waals surface area contributed by atoms with E-state index in [1.54, 1.807) is 6.07 Å². The zero-order valence-electron chi connectivity index (χ0n) is 12.9. The molecule has 1 rings (SSSR count). The maximum absolute atomic E-state index is 10.8. The van der Waals surface area contributed by atoms with E-state index in [-0.39, 0.29) is 11.8 Å². The molecule has 0 aliphatic heterocycles. The average Bonchev–Trinajstić information content (AvgIpc) is 2.45. The minimum Gasteiger partial charge on any atom is -0.496 e. The van der Waals surface area contributed by atoms with Gasteiger partial charge in [-0.1, -0.05) is 0 Å². The zero-order valence-corrected chi connectivity index (χ0v) is 12.9. The third-order valence-corrected chi connectivity index (χ3v) is 2.93. The molecule has 6 heteroatoms. The third kappa shape index (κ3) is 7.06. The molecule has 0 saturated heterocycles. The summed E-state index contributed by atoms with van der Waals surface area (Å²) >= 11 is 0. The van der Waals surface area contributed by atoms with Crippen molar-refractivity contribution in [2.75, 3.05) is 20.3 Å². The molecule has 0 amide bonds. The number of non-ortho nitro benzene ring substituents is 1. The van der Waals surface area contributed by atoms with Crippen molar-refractivity contribution in [3.05, 3.63) is 33.9 Å². The summed E-state index contributed by atoms with van der Waals surface area (Å²) in [5, 5.41) is 14.1. The van der Waals surface area contributed by atoms with Crippen LogP contribution in [0.5, 0.6) is 5.75 Å². The highest BCUT2D eigenvalue weighted by molar-refractivity contribution is 5.42. The third-order valence-electron chi connectivity index (χ3n) is 2.93. The van der Waals surface area contributed by atoms with Crippen LogP contribution in [0.4, 0.5) is 5.69 Å². The lowest BCUT2D eigenvalue weighted by Gasteiger charge is -2.08. The molecule has 1 N–H and O–H groups in total. The highest BCUT2D eigenvalue weighted by Gasteiger charge is 2.09. The Bertz CT molecular complexity index is 449. The fraction of sp³-hybridized carbons (Fsp3) is 0.600. The fourth-order valence-electron chi connectivity index (χ4n) is 1.87. The molecule has 6 nitrogen and oxygen atoms in total. The molecule has 0 aromatic heterocycles. The molecular weight excluding hydrogens is 272 g/mol. The minimum atomic E-state index is -0.407. The largest absolute Gasteiger partial charge is 0.496 e. The van der Waals surface area contributed by atoms with Gasteiger partial charge in [0.25, 0.3) is 5.69 Å². The molecule has 118 valence electrons. The van der Waals surface area contributed by atoms with Gasteiger partial charge in [-0.05, 0) is 44.9 Å². The Labute approximate surface area is 125 Å². The molecule has 0 spiro atoms. The zero-order chi connectivity index (χ0) is 15.7. The predicted octanol–water partition coefficient (Wildman–Crippen LogP) is 2.90. The van der Waals surface area contributed by atoms with Crippen LogP contribution in [0.3, 0.4) is 0 Å². The smallest absolute Gasteiger partial charge is 0.273 e. The molecular formula is C15H24N2O4. The van der Waals surface area contributed by atoms with E-state index < -0.39 is 4.92 Å². The number of hydrogen-bond acceptors (Lipinski definition) is 5. The number of unbranched alkanes of at least 4 members (excludes halogenated alkanes) is 1. The van der Waals surface area contributed by atoms with E-state index >= 15 is 0 Å². The minimum absolute atomic E-state index is 0.0523. The van der Waals surface area contributed by atoms with Gasteiger partial charge < -0.3 is 14.8 Å². The number of nitrogens with zero attached hydrogens (tertiary/aromatic N) is 1. The lowest BCUT2D eigenvalue weighted by molar-refractivity contribution is -0.385. The second kappa shape index (κ2) is 9.31. The monoisotopic (exact) mass is 296 g/mol. The highest BCUT2D eigenvalue weighted by Crippen LogP contribution is 2.22. The summed E-state index contributed by atoms with van der Waals surface area (Å²) in [6.45, 7) is 6.25. The van der Waals surface area contributed by atoms with Gasteiger partial charge in [-0.25, -0.2) is 0 Å². The van der Waals surface area contributed by atoms with Crippen LogP contribution in [0.1, 0.15) is 32.3 Å². The van der Waals surface area contributed by atoms with Crippen molar-refractivity contribution in [1.82, 2.24) is 5.32 Å². The number of nitro benzene ring substituents is 1. The van der Waals surface area contributed by atoms with Gasteiger partial charge in [-0.2, -0.15) is 0 Å². The molecule has 1 aromatic rings.